The molecule has 0 bridgehead atoms. The number of oxazole rings is 1. The van der Waals surface area contributed by atoms with E-state index in [-0.39, 0.29) is 11.6 Å². The van der Waals surface area contributed by atoms with E-state index < -0.39 is 0 Å². The number of aromatic nitrogens is 1. The Morgan fingerprint density at radius 1 is 1.13 bits per heavy atom. The standard InChI is InChI=1S/C18H17N3O2/c1-11-7-8-13(9-12(11)2)20-17(22)16-10-23-18(21-16)14-5-3-4-6-15(14)19/h3-10H,19H2,1-2H3,(H,20,22). The molecule has 0 aliphatic heterocycles. The summed E-state index contributed by atoms with van der Waals surface area (Å²) < 4.78 is 5.38. The van der Waals surface area contributed by atoms with E-state index in [0.717, 1.165) is 11.3 Å². The number of rotatable bonds is 3. The predicted octanol–water partition coefficient (Wildman–Crippen LogP) is 3.79. The minimum atomic E-state index is -0.322. The zero-order chi connectivity index (χ0) is 16.4. The Morgan fingerprint density at radius 2 is 1.91 bits per heavy atom. The van der Waals surface area contributed by atoms with Gasteiger partial charge in [-0.25, -0.2) is 4.98 Å². The molecule has 0 saturated carbocycles. The smallest absolute Gasteiger partial charge is 0.277 e. The molecule has 5 heteroatoms. The van der Waals surface area contributed by atoms with Gasteiger partial charge in [0.2, 0.25) is 5.89 Å². The van der Waals surface area contributed by atoms with Crippen molar-refractivity contribution in [3.63, 3.8) is 0 Å². The van der Waals surface area contributed by atoms with Gasteiger partial charge in [-0.05, 0) is 49.2 Å². The van der Waals surface area contributed by atoms with Gasteiger partial charge in [-0.15, -0.1) is 0 Å². The highest BCUT2D eigenvalue weighted by Crippen LogP contribution is 2.25. The first-order valence-corrected chi connectivity index (χ1v) is 7.23. The average Bonchev–Trinajstić information content (AvgIpc) is 3.01. The molecule has 0 aliphatic rings. The number of hydrogen-bond donors (Lipinski definition) is 2. The van der Waals surface area contributed by atoms with Crippen LogP contribution in [0.4, 0.5) is 11.4 Å². The number of para-hydroxylation sites is 1. The van der Waals surface area contributed by atoms with Crippen LogP contribution in [0.25, 0.3) is 11.5 Å². The van der Waals surface area contributed by atoms with E-state index in [2.05, 4.69) is 10.3 Å². The van der Waals surface area contributed by atoms with Crippen LogP contribution in [0.1, 0.15) is 21.6 Å². The van der Waals surface area contributed by atoms with Crippen LogP contribution in [0.2, 0.25) is 0 Å². The van der Waals surface area contributed by atoms with Crippen LogP contribution in [0, 0.1) is 13.8 Å². The van der Waals surface area contributed by atoms with E-state index in [4.69, 9.17) is 10.2 Å². The van der Waals surface area contributed by atoms with Crippen LogP contribution in [0.3, 0.4) is 0 Å². The first-order chi connectivity index (χ1) is 11.0. The van der Waals surface area contributed by atoms with Crippen molar-refractivity contribution in [1.82, 2.24) is 4.98 Å². The second kappa shape index (κ2) is 5.96. The van der Waals surface area contributed by atoms with E-state index in [9.17, 15) is 4.79 Å². The van der Waals surface area contributed by atoms with Crippen molar-refractivity contribution in [2.24, 2.45) is 0 Å². The Bertz CT molecular complexity index is 868. The Labute approximate surface area is 134 Å². The van der Waals surface area contributed by atoms with Crippen LogP contribution in [0.15, 0.2) is 53.1 Å². The zero-order valence-corrected chi connectivity index (χ0v) is 13.0. The first kappa shape index (κ1) is 14.8. The number of nitrogen functional groups attached to an aromatic ring is 1. The number of nitrogens with one attached hydrogen (secondary N) is 1. The van der Waals surface area contributed by atoms with Crippen LogP contribution in [0.5, 0.6) is 0 Å². The number of benzene rings is 2. The molecule has 3 aromatic rings. The summed E-state index contributed by atoms with van der Waals surface area (Å²) in [6.07, 6.45) is 1.33. The summed E-state index contributed by atoms with van der Waals surface area (Å²) in [5, 5.41) is 2.81. The maximum absolute atomic E-state index is 12.3. The molecule has 0 spiro atoms. The van der Waals surface area contributed by atoms with Crippen molar-refractivity contribution < 1.29 is 9.21 Å². The summed E-state index contributed by atoms with van der Waals surface area (Å²) in [4.78, 5) is 16.5. The van der Waals surface area contributed by atoms with Gasteiger partial charge >= 0.3 is 0 Å². The van der Waals surface area contributed by atoms with Gasteiger partial charge in [0.1, 0.15) is 6.26 Å². The summed E-state index contributed by atoms with van der Waals surface area (Å²) in [6, 6.07) is 13.0. The second-order valence-corrected chi connectivity index (χ2v) is 5.38. The lowest BCUT2D eigenvalue weighted by Crippen LogP contribution is -2.12. The van der Waals surface area contributed by atoms with Gasteiger partial charge in [-0.3, -0.25) is 4.79 Å². The van der Waals surface area contributed by atoms with E-state index in [1.807, 2.05) is 44.2 Å². The quantitative estimate of drug-likeness (QED) is 0.721. The molecule has 1 heterocycles. The topological polar surface area (TPSA) is 81.2 Å². The van der Waals surface area contributed by atoms with Crippen molar-refractivity contribution in [2.45, 2.75) is 13.8 Å². The van der Waals surface area contributed by atoms with Gasteiger partial charge in [0.15, 0.2) is 5.69 Å². The number of carbonyl (C=O) groups excluding carboxylic acids is 1. The van der Waals surface area contributed by atoms with Gasteiger partial charge in [-0.2, -0.15) is 0 Å². The van der Waals surface area contributed by atoms with Gasteiger partial charge in [-0.1, -0.05) is 18.2 Å². The van der Waals surface area contributed by atoms with Crippen molar-refractivity contribution in [3.05, 3.63) is 65.5 Å². The molecule has 0 saturated heterocycles. The number of anilines is 2. The second-order valence-electron chi connectivity index (χ2n) is 5.38. The van der Waals surface area contributed by atoms with Crippen molar-refractivity contribution in [2.75, 3.05) is 11.1 Å². The molecule has 0 atom stereocenters. The summed E-state index contributed by atoms with van der Waals surface area (Å²) in [5.74, 6) is 0.00564. The normalized spacial score (nSPS) is 10.5. The molecule has 0 fully saturated rings. The predicted molar refractivity (Wildman–Crippen MR) is 90.2 cm³/mol. The molecule has 1 amide bonds. The molecule has 2 aromatic carbocycles. The fraction of sp³-hybridized carbons (Fsp3) is 0.111. The molecule has 0 unspecified atom stereocenters. The van der Waals surface area contributed by atoms with Crippen LogP contribution in [-0.4, -0.2) is 10.9 Å². The van der Waals surface area contributed by atoms with E-state index in [1.54, 1.807) is 12.1 Å². The van der Waals surface area contributed by atoms with Gasteiger partial charge < -0.3 is 15.5 Å². The van der Waals surface area contributed by atoms with E-state index in [1.165, 1.54) is 11.8 Å². The summed E-state index contributed by atoms with van der Waals surface area (Å²) in [6.45, 7) is 4.02. The van der Waals surface area contributed by atoms with E-state index in [0.29, 0.717) is 17.1 Å². The zero-order valence-electron chi connectivity index (χ0n) is 13.0. The molecule has 0 radical (unpaired) electrons. The number of aryl methyl sites for hydroxylation is 2. The lowest BCUT2D eigenvalue weighted by Gasteiger charge is -2.06. The average molecular weight is 307 g/mol. The molecule has 3 rings (SSSR count). The molecule has 1 aromatic heterocycles. The van der Waals surface area contributed by atoms with Crippen LogP contribution in [-0.2, 0) is 0 Å². The van der Waals surface area contributed by atoms with Crippen molar-refractivity contribution in [3.8, 4) is 11.5 Å². The van der Waals surface area contributed by atoms with Gasteiger partial charge in [0.05, 0.1) is 5.56 Å². The highest BCUT2D eigenvalue weighted by atomic mass is 16.3. The number of amides is 1. The molecular formula is C18H17N3O2. The minimum absolute atomic E-state index is 0.210. The number of hydrogen-bond acceptors (Lipinski definition) is 4. The Morgan fingerprint density at radius 3 is 2.65 bits per heavy atom. The monoisotopic (exact) mass is 307 g/mol. The number of carbonyl (C=O) groups is 1. The SMILES string of the molecule is Cc1ccc(NC(=O)c2coc(-c3ccccc3N)n2)cc1C. The molecule has 23 heavy (non-hydrogen) atoms. The van der Waals surface area contributed by atoms with Crippen molar-refractivity contribution in [1.29, 1.82) is 0 Å². The molecular weight excluding hydrogens is 290 g/mol. The Balaban J connectivity index is 1.81. The third-order valence-corrected chi connectivity index (χ3v) is 3.69. The highest BCUT2D eigenvalue weighted by Gasteiger charge is 2.15. The van der Waals surface area contributed by atoms with Gasteiger partial charge in [0.25, 0.3) is 5.91 Å². The molecule has 0 aliphatic carbocycles. The summed E-state index contributed by atoms with van der Waals surface area (Å²) in [7, 11) is 0. The third kappa shape index (κ3) is 3.08. The minimum Gasteiger partial charge on any atom is -0.444 e. The lowest BCUT2D eigenvalue weighted by atomic mass is 10.1. The number of nitrogens with two attached hydrogens (primary N) is 1. The third-order valence-electron chi connectivity index (χ3n) is 3.69. The summed E-state index contributed by atoms with van der Waals surface area (Å²) in [5.41, 5.74) is 10.3. The first-order valence-electron chi connectivity index (χ1n) is 7.23. The fourth-order valence-corrected chi connectivity index (χ4v) is 2.21. The Hall–Kier alpha value is -3.08. The van der Waals surface area contributed by atoms with Crippen molar-refractivity contribution >= 4 is 17.3 Å². The molecule has 3 N–H and O–H groups in total. The maximum Gasteiger partial charge on any atom is 0.277 e. The lowest BCUT2D eigenvalue weighted by molar-refractivity contribution is 0.102. The number of nitrogens with zero attached hydrogens (tertiary/aromatic N) is 1. The van der Waals surface area contributed by atoms with E-state index >= 15 is 0 Å². The Kier molecular flexibility index (Phi) is 3.85. The highest BCUT2D eigenvalue weighted by molar-refractivity contribution is 6.03. The van der Waals surface area contributed by atoms with Crippen LogP contribution < -0.4 is 11.1 Å². The maximum atomic E-state index is 12.3. The van der Waals surface area contributed by atoms with Crippen LogP contribution >= 0.6 is 0 Å². The van der Waals surface area contributed by atoms with Gasteiger partial charge in [0, 0.05) is 11.4 Å². The largest absolute Gasteiger partial charge is 0.444 e. The molecule has 5 nitrogen and oxygen atoms in total. The summed E-state index contributed by atoms with van der Waals surface area (Å²) >= 11 is 0. The fourth-order valence-electron chi connectivity index (χ4n) is 2.21. The molecule has 116 valence electrons.